The third kappa shape index (κ3) is 10.2. The molecule has 0 aromatic heterocycles. The number of hydrogen-bond acceptors (Lipinski definition) is 1. The molecule has 0 saturated heterocycles. The first-order chi connectivity index (χ1) is 2.27. The van der Waals surface area contributed by atoms with Crippen LogP contribution in [0.3, 0.4) is 0 Å². The van der Waals surface area contributed by atoms with E-state index >= 15 is 0 Å². The molecule has 0 aromatic rings. The van der Waals surface area contributed by atoms with Crippen molar-refractivity contribution in [2.24, 2.45) is 0 Å². The fourth-order valence-electron chi connectivity index (χ4n) is 0. The Morgan fingerprint density at radius 2 is 1.67 bits per heavy atom. The first kappa shape index (κ1) is 11.9. The van der Waals surface area contributed by atoms with Gasteiger partial charge >= 0.3 is 67.6 Å². The molecular formula is C3H7Eu2O. The molecule has 0 rings (SSSR count). The molecule has 39 valence electrons. The Morgan fingerprint density at radius 3 is 1.67 bits per heavy atom. The molecule has 0 aliphatic carbocycles. The van der Waals surface area contributed by atoms with Gasteiger partial charge in [-0.05, 0) is 0 Å². The molecule has 6 heavy (non-hydrogen) atoms. The van der Waals surface area contributed by atoms with E-state index in [9.17, 15) is 0 Å². The molecule has 1 radical (unpaired) electrons. The minimum atomic E-state index is 0. The average molecular weight is 363 g/mol. The summed E-state index contributed by atoms with van der Waals surface area (Å²) in [5.41, 5.74) is 0. The molecule has 0 fully saturated rings. The van der Waals surface area contributed by atoms with Crippen molar-refractivity contribution >= 4 is 0 Å². The van der Waals surface area contributed by atoms with Crippen LogP contribution in [0.15, 0.2) is 0 Å². The van der Waals surface area contributed by atoms with Gasteiger partial charge in [0.05, 0.1) is 0 Å². The molecule has 0 spiro atoms. The number of rotatable bonds is 1. The zero-order chi connectivity index (χ0) is 4.28. The largest absolute Gasteiger partial charge is 0 e. The molecule has 0 unspecified atom stereocenters. The van der Waals surface area contributed by atoms with Crippen molar-refractivity contribution in [1.82, 2.24) is 0 Å². The SMILES string of the molecule is CC(C)[O][Eu].[Eu]. The quantitative estimate of drug-likeness (QED) is 0.672. The molecule has 0 aromatic carbocycles. The monoisotopic (exact) mass is 365 g/mol. The Hall–Kier alpha value is 3.13. The fraction of sp³-hybridized carbons (Fsp3) is 1.00. The molecule has 0 atom stereocenters. The van der Waals surface area contributed by atoms with Gasteiger partial charge in [0.2, 0.25) is 0 Å². The van der Waals surface area contributed by atoms with Crippen LogP contribution < -0.4 is 0 Å². The van der Waals surface area contributed by atoms with Gasteiger partial charge in [-0.3, -0.25) is 0 Å². The Morgan fingerprint density at radius 1 is 1.50 bits per heavy atom. The summed E-state index contributed by atoms with van der Waals surface area (Å²) < 4.78 is 4.81. The van der Waals surface area contributed by atoms with Crippen LogP contribution in [0.4, 0.5) is 0 Å². The second kappa shape index (κ2) is 8.13. The van der Waals surface area contributed by atoms with Crippen LogP contribution >= 0.6 is 0 Å². The zero-order valence-electron chi connectivity index (χ0n) is 3.74. The predicted octanol–water partition coefficient (Wildman–Crippen LogP) is 0.876. The summed E-state index contributed by atoms with van der Waals surface area (Å²) in [6, 6.07) is 0. The maximum atomic E-state index is 4.81. The van der Waals surface area contributed by atoms with Crippen LogP contribution in [-0.2, 0) is -0.00603 Å². The summed E-state index contributed by atoms with van der Waals surface area (Å²) in [5.74, 6) is 0. The zero-order valence-corrected chi connectivity index (χ0v) is 8.59. The number of hydrogen-bond donors (Lipinski definition) is 0. The molecule has 0 N–H and O–H groups in total. The van der Waals surface area contributed by atoms with E-state index in [4.69, 9.17) is -0.00603 Å². The van der Waals surface area contributed by atoms with Gasteiger partial charge in [-0.25, -0.2) is 0 Å². The fourth-order valence-corrected chi connectivity index (χ4v) is 0. The topological polar surface area (TPSA) is 9.23 Å². The van der Waals surface area contributed by atoms with Crippen molar-refractivity contribution in [3.8, 4) is 0 Å². The van der Waals surface area contributed by atoms with Crippen molar-refractivity contribution in [1.29, 1.82) is 0 Å². The van der Waals surface area contributed by atoms with E-state index in [2.05, 4.69) is 0 Å². The molecule has 3 heteroatoms. The Labute approximate surface area is 114 Å². The van der Waals surface area contributed by atoms with Gasteiger partial charge in [-0.1, -0.05) is 0 Å². The summed E-state index contributed by atoms with van der Waals surface area (Å²) in [4.78, 5) is 0. The standard InChI is InChI=1S/C3H7O.2Eu/c1-3(2)4;;/h3H,1-2H3;;/q-1;;+1. The Bertz CT molecular complexity index is 22.8. The second-order valence-corrected chi connectivity index (χ2v) is 1.71. The molecule has 0 aliphatic rings. The van der Waals surface area contributed by atoms with E-state index in [0.717, 1.165) is 0 Å². The first-order valence-corrected chi connectivity index (χ1v) is 2.53. The van der Waals surface area contributed by atoms with Crippen molar-refractivity contribution < 1.29 is 97.1 Å². The van der Waals surface area contributed by atoms with Gasteiger partial charge in [0.1, 0.15) is 0 Å². The van der Waals surface area contributed by atoms with Gasteiger partial charge in [0, 0.05) is 49.4 Å². The molecule has 1 nitrogen and oxygen atoms in total. The summed E-state index contributed by atoms with van der Waals surface area (Å²) in [6.45, 7) is 4.03. The van der Waals surface area contributed by atoms with Crippen molar-refractivity contribution in [3.05, 3.63) is 0 Å². The molecule has 0 bridgehead atoms. The van der Waals surface area contributed by atoms with Crippen LogP contribution in [0, 0.1) is 97.1 Å². The third-order valence-corrected chi connectivity index (χ3v) is 1.32. The summed E-state index contributed by atoms with van der Waals surface area (Å²) >= 11 is 1.37. The van der Waals surface area contributed by atoms with Crippen LogP contribution in [0.5, 0.6) is 0 Å². The van der Waals surface area contributed by atoms with Gasteiger partial charge in [0.15, 0.2) is 0 Å². The molecule has 0 heterocycles. The van der Waals surface area contributed by atoms with Crippen LogP contribution in [0.1, 0.15) is 13.8 Å². The van der Waals surface area contributed by atoms with Gasteiger partial charge in [-0.2, -0.15) is 0 Å². The molecule has 0 amide bonds. The van der Waals surface area contributed by atoms with Gasteiger partial charge < -0.3 is 0 Å². The van der Waals surface area contributed by atoms with Gasteiger partial charge in [0.25, 0.3) is 0 Å². The second-order valence-electron chi connectivity index (χ2n) is 1.14. The van der Waals surface area contributed by atoms with Crippen molar-refractivity contribution in [2.75, 3.05) is 0 Å². The third-order valence-electron chi connectivity index (χ3n) is 0.178. The predicted molar refractivity (Wildman–Crippen MR) is 16.2 cm³/mol. The molecule has 0 aliphatic heterocycles. The van der Waals surface area contributed by atoms with E-state index in [1.54, 1.807) is 0 Å². The van der Waals surface area contributed by atoms with E-state index in [-0.39, 0.29) is 49.4 Å². The minimum absolute atomic E-state index is 0. The van der Waals surface area contributed by atoms with Crippen molar-refractivity contribution in [2.45, 2.75) is 20.0 Å². The smallest absolute Gasteiger partial charge is 0 e. The van der Waals surface area contributed by atoms with E-state index in [0.29, 0.717) is 6.10 Å². The average Bonchev–Trinajstić information content (AvgIpc) is 1.38. The minimum Gasteiger partial charge on any atom is 0 e. The Balaban J connectivity index is 0. The first-order valence-electron chi connectivity index (χ1n) is 1.54. The van der Waals surface area contributed by atoms with Crippen LogP contribution in [0.2, 0.25) is 0 Å². The maximum Gasteiger partial charge on any atom is 0 e. The van der Waals surface area contributed by atoms with Gasteiger partial charge in [-0.15, -0.1) is 0 Å². The van der Waals surface area contributed by atoms with E-state index < -0.39 is 0 Å². The maximum absolute atomic E-state index is 4.81. The molecule has 0 saturated carbocycles. The normalized spacial score (nSPS) is 8.00. The summed E-state index contributed by atoms with van der Waals surface area (Å²) in [7, 11) is 0. The van der Waals surface area contributed by atoms with Crippen LogP contribution in [0.25, 0.3) is 0 Å². The summed E-state index contributed by atoms with van der Waals surface area (Å²) in [6.07, 6.45) is 0.409. The van der Waals surface area contributed by atoms with Crippen LogP contribution in [-0.4, -0.2) is 6.10 Å². The van der Waals surface area contributed by atoms with E-state index in [1.165, 1.54) is 47.7 Å². The van der Waals surface area contributed by atoms with Crippen molar-refractivity contribution in [3.63, 3.8) is 0 Å². The Kier molecular flexibility index (Phi) is 16.1. The molecular weight excluding hydrogens is 356 g/mol. The summed E-state index contributed by atoms with van der Waals surface area (Å²) in [5, 5.41) is 0. The van der Waals surface area contributed by atoms with E-state index in [1.807, 2.05) is 13.8 Å².